The summed E-state index contributed by atoms with van der Waals surface area (Å²) in [4.78, 5) is 1.41. The maximum Gasteiger partial charge on any atom is 0.0669 e. The van der Waals surface area contributed by atoms with E-state index in [0.29, 0.717) is 17.4 Å². The summed E-state index contributed by atoms with van der Waals surface area (Å²) < 4.78 is 5.68. The van der Waals surface area contributed by atoms with Gasteiger partial charge in [-0.25, -0.2) is 0 Å². The Hall–Kier alpha value is -0.510. The smallest absolute Gasteiger partial charge is 0.0669 e. The minimum absolute atomic E-state index is 0.372. The van der Waals surface area contributed by atoms with Crippen molar-refractivity contribution >= 4 is 11.8 Å². The molecule has 1 heterocycles. The van der Waals surface area contributed by atoms with E-state index in [0.717, 1.165) is 26.0 Å². The lowest BCUT2D eigenvalue weighted by molar-refractivity contribution is 0.127. The van der Waals surface area contributed by atoms with E-state index in [9.17, 15) is 0 Å². The normalized spacial score (nSPS) is 24.6. The zero-order valence-corrected chi connectivity index (χ0v) is 13.0. The van der Waals surface area contributed by atoms with Crippen molar-refractivity contribution in [2.24, 2.45) is 0 Å². The van der Waals surface area contributed by atoms with Gasteiger partial charge >= 0.3 is 0 Å². The third-order valence-electron chi connectivity index (χ3n) is 3.74. The van der Waals surface area contributed by atoms with Gasteiger partial charge in [0.05, 0.1) is 6.10 Å². The third kappa shape index (κ3) is 3.74. The van der Waals surface area contributed by atoms with Crippen LogP contribution in [0.2, 0.25) is 0 Å². The molecule has 0 bridgehead atoms. The molecule has 2 rings (SSSR count). The molecule has 0 amide bonds. The molecule has 19 heavy (non-hydrogen) atoms. The SMILES string of the molecule is CCNC(CC)c1ccccc1SC1CCOC1C. The fourth-order valence-corrected chi connectivity index (χ4v) is 3.94. The van der Waals surface area contributed by atoms with Crippen LogP contribution < -0.4 is 5.32 Å². The molecule has 1 aromatic carbocycles. The Morgan fingerprint density at radius 3 is 2.79 bits per heavy atom. The number of ether oxygens (including phenoxy) is 1. The fraction of sp³-hybridized carbons (Fsp3) is 0.625. The van der Waals surface area contributed by atoms with Crippen LogP contribution in [0.25, 0.3) is 0 Å². The highest BCUT2D eigenvalue weighted by Gasteiger charge is 2.26. The molecule has 0 spiro atoms. The zero-order valence-electron chi connectivity index (χ0n) is 12.2. The van der Waals surface area contributed by atoms with E-state index in [4.69, 9.17) is 4.74 Å². The molecule has 1 aliphatic heterocycles. The Morgan fingerprint density at radius 2 is 2.16 bits per heavy atom. The average molecular weight is 279 g/mol. The van der Waals surface area contributed by atoms with E-state index in [1.54, 1.807) is 0 Å². The monoisotopic (exact) mass is 279 g/mol. The molecule has 0 saturated carbocycles. The van der Waals surface area contributed by atoms with Gasteiger partial charge in [-0.2, -0.15) is 0 Å². The summed E-state index contributed by atoms with van der Waals surface area (Å²) in [5.41, 5.74) is 1.44. The van der Waals surface area contributed by atoms with Gasteiger partial charge in [-0.05, 0) is 37.9 Å². The lowest BCUT2D eigenvalue weighted by Crippen LogP contribution is -2.21. The van der Waals surface area contributed by atoms with E-state index < -0.39 is 0 Å². The highest BCUT2D eigenvalue weighted by molar-refractivity contribution is 8.00. The minimum atomic E-state index is 0.372. The second-order valence-corrected chi connectivity index (χ2v) is 6.36. The van der Waals surface area contributed by atoms with Crippen LogP contribution in [0.1, 0.15) is 45.2 Å². The van der Waals surface area contributed by atoms with E-state index in [1.165, 1.54) is 10.5 Å². The van der Waals surface area contributed by atoms with E-state index in [1.807, 2.05) is 11.8 Å². The average Bonchev–Trinajstić information content (AvgIpc) is 2.83. The van der Waals surface area contributed by atoms with Gasteiger partial charge in [-0.15, -0.1) is 11.8 Å². The molecule has 1 aromatic rings. The van der Waals surface area contributed by atoms with Crippen LogP contribution in [-0.4, -0.2) is 24.5 Å². The summed E-state index contributed by atoms with van der Waals surface area (Å²) in [7, 11) is 0. The Morgan fingerprint density at radius 1 is 1.37 bits per heavy atom. The van der Waals surface area contributed by atoms with Crippen molar-refractivity contribution in [2.75, 3.05) is 13.2 Å². The van der Waals surface area contributed by atoms with Crippen LogP contribution in [0.15, 0.2) is 29.2 Å². The van der Waals surface area contributed by atoms with Crippen molar-refractivity contribution in [3.8, 4) is 0 Å². The van der Waals surface area contributed by atoms with Gasteiger partial charge in [0.15, 0.2) is 0 Å². The van der Waals surface area contributed by atoms with Crippen LogP contribution in [-0.2, 0) is 4.74 Å². The molecule has 3 atom stereocenters. The topological polar surface area (TPSA) is 21.3 Å². The molecule has 0 radical (unpaired) electrons. The summed E-state index contributed by atoms with van der Waals surface area (Å²) >= 11 is 1.99. The van der Waals surface area contributed by atoms with Crippen LogP contribution in [0, 0.1) is 0 Å². The minimum Gasteiger partial charge on any atom is -0.377 e. The van der Waals surface area contributed by atoms with Crippen LogP contribution in [0.4, 0.5) is 0 Å². The Bertz CT molecular complexity index is 396. The van der Waals surface area contributed by atoms with Crippen LogP contribution in [0.5, 0.6) is 0 Å². The molecule has 106 valence electrons. The van der Waals surface area contributed by atoms with Crippen LogP contribution >= 0.6 is 11.8 Å². The van der Waals surface area contributed by atoms with Gasteiger partial charge in [0.25, 0.3) is 0 Å². The fourth-order valence-electron chi connectivity index (χ4n) is 2.63. The molecule has 1 fully saturated rings. The quantitative estimate of drug-likeness (QED) is 0.850. The number of thioether (sulfide) groups is 1. The molecule has 0 aliphatic carbocycles. The molecule has 1 saturated heterocycles. The van der Waals surface area contributed by atoms with E-state index >= 15 is 0 Å². The van der Waals surface area contributed by atoms with Gasteiger partial charge < -0.3 is 10.1 Å². The molecule has 3 heteroatoms. The lowest BCUT2D eigenvalue weighted by atomic mass is 10.0. The van der Waals surface area contributed by atoms with Crippen molar-refractivity contribution in [3.05, 3.63) is 29.8 Å². The second-order valence-electron chi connectivity index (χ2n) is 5.08. The number of benzene rings is 1. The lowest BCUT2D eigenvalue weighted by Gasteiger charge is -2.22. The molecule has 1 aliphatic rings. The summed E-state index contributed by atoms with van der Waals surface area (Å²) in [5, 5.41) is 4.18. The predicted molar refractivity (Wildman–Crippen MR) is 82.8 cm³/mol. The van der Waals surface area contributed by atoms with Gasteiger partial charge in [-0.1, -0.05) is 32.0 Å². The van der Waals surface area contributed by atoms with Crippen LogP contribution in [0.3, 0.4) is 0 Å². The number of hydrogen-bond donors (Lipinski definition) is 1. The summed E-state index contributed by atoms with van der Waals surface area (Å²) in [6.07, 6.45) is 2.66. The highest BCUT2D eigenvalue weighted by atomic mass is 32.2. The van der Waals surface area contributed by atoms with Crippen molar-refractivity contribution in [2.45, 2.75) is 55.9 Å². The number of hydrogen-bond acceptors (Lipinski definition) is 3. The molecular formula is C16H25NOS. The zero-order chi connectivity index (χ0) is 13.7. The first-order chi connectivity index (χ1) is 9.26. The molecule has 1 N–H and O–H groups in total. The Kier molecular flexibility index (Phi) is 5.74. The Balaban J connectivity index is 2.15. The van der Waals surface area contributed by atoms with Crippen molar-refractivity contribution in [3.63, 3.8) is 0 Å². The van der Waals surface area contributed by atoms with Crippen molar-refractivity contribution < 1.29 is 4.74 Å². The van der Waals surface area contributed by atoms with Gasteiger partial charge in [0.2, 0.25) is 0 Å². The van der Waals surface area contributed by atoms with Crippen molar-refractivity contribution in [1.29, 1.82) is 0 Å². The van der Waals surface area contributed by atoms with Gasteiger partial charge in [0.1, 0.15) is 0 Å². The first kappa shape index (κ1) is 14.9. The van der Waals surface area contributed by atoms with Gasteiger partial charge in [-0.3, -0.25) is 0 Å². The standard InChI is InChI=1S/C16H25NOS/c1-4-14(17-5-2)13-8-6-7-9-16(13)19-15-10-11-18-12(15)3/h6-9,12,14-15,17H,4-5,10-11H2,1-3H3. The molecule has 2 nitrogen and oxygen atoms in total. The van der Waals surface area contributed by atoms with E-state index in [2.05, 4.69) is 50.4 Å². The Labute approximate surface area is 121 Å². The number of rotatable bonds is 6. The largest absolute Gasteiger partial charge is 0.377 e. The maximum absolute atomic E-state index is 5.68. The molecule has 0 aromatic heterocycles. The van der Waals surface area contributed by atoms with Gasteiger partial charge in [0, 0.05) is 22.8 Å². The first-order valence-corrected chi connectivity index (χ1v) is 8.24. The summed E-state index contributed by atoms with van der Waals surface area (Å²) in [5.74, 6) is 0. The molecule has 3 unspecified atom stereocenters. The second kappa shape index (κ2) is 7.32. The first-order valence-electron chi connectivity index (χ1n) is 7.36. The predicted octanol–water partition coefficient (Wildman–Crippen LogP) is 4.02. The third-order valence-corrected chi connectivity index (χ3v) is 5.29. The summed E-state index contributed by atoms with van der Waals surface area (Å²) in [6.45, 7) is 8.53. The maximum atomic E-state index is 5.68. The number of nitrogens with one attached hydrogen (secondary N) is 1. The highest BCUT2D eigenvalue weighted by Crippen LogP contribution is 2.36. The summed E-state index contributed by atoms with van der Waals surface area (Å²) in [6, 6.07) is 9.27. The molecular weight excluding hydrogens is 254 g/mol. The van der Waals surface area contributed by atoms with E-state index in [-0.39, 0.29) is 0 Å². The van der Waals surface area contributed by atoms with Crippen molar-refractivity contribution in [1.82, 2.24) is 5.32 Å².